The summed E-state index contributed by atoms with van der Waals surface area (Å²) < 4.78 is 16.3. The summed E-state index contributed by atoms with van der Waals surface area (Å²) in [6.07, 6.45) is 3.25. The lowest BCUT2D eigenvalue weighted by Crippen LogP contribution is -2.36. The molecule has 1 amide bonds. The van der Waals surface area contributed by atoms with E-state index in [1.54, 1.807) is 21.3 Å². The Morgan fingerprint density at radius 3 is 2.26 bits per heavy atom. The van der Waals surface area contributed by atoms with Gasteiger partial charge in [-0.05, 0) is 59.7 Å². The molecule has 1 aliphatic heterocycles. The Hall–Kier alpha value is -2.73. The van der Waals surface area contributed by atoms with Crippen LogP contribution in [0.15, 0.2) is 30.3 Å². The molecule has 0 bridgehead atoms. The summed E-state index contributed by atoms with van der Waals surface area (Å²) >= 11 is 0. The Labute approximate surface area is 184 Å². The van der Waals surface area contributed by atoms with Crippen LogP contribution in [-0.2, 0) is 24.1 Å². The molecule has 4 rings (SSSR count). The number of nitrogens with one attached hydrogen (secondary N) is 1. The average molecular weight is 425 g/mol. The van der Waals surface area contributed by atoms with Gasteiger partial charge in [0, 0.05) is 38.5 Å². The Kier molecular flexibility index (Phi) is 6.66. The van der Waals surface area contributed by atoms with Gasteiger partial charge in [-0.25, -0.2) is 0 Å². The maximum atomic E-state index is 12.8. The van der Waals surface area contributed by atoms with E-state index in [0.717, 1.165) is 56.1 Å². The minimum absolute atomic E-state index is 0.218. The van der Waals surface area contributed by atoms with Crippen molar-refractivity contribution in [2.24, 2.45) is 0 Å². The van der Waals surface area contributed by atoms with Crippen molar-refractivity contribution in [1.29, 1.82) is 0 Å². The molecule has 1 heterocycles. The van der Waals surface area contributed by atoms with E-state index in [1.165, 1.54) is 22.3 Å². The molecule has 0 radical (unpaired) electrons. The number of hydrogen-bond donors (Lipinski definition) is 1. The van der Waals surface area contributed by atoms with Crippen LogP contribution in [0.5, 0.6) is 17.2 Å². The zero-order valence-electron chi connectivity index (χ0n) is 18.7. The number of fused-ring (bicyclic) bond motifs is 2. The molecule has 2 aliphatic rings. The standard InChI is InChI=1S/C25H32N2O4/c1-29-22-6-4-5-20-19(13-21(20)22)16-26-10-7-25(28)27-11-8-17-14-23(30-2)24(31-3)15-18(17)9-12-27/h4-6,14-15,19,26H,7-13,16H2,1-3H3. The number of methoxy groups -OCH3 is 3. The summed E-state index contributed by atoms with van der Waals surface area (Å²) in [6.45, 7) is 3.10. The maximum Gasteiger partial charge on any atom is 0.223 e. The van der Waals surface area contributed by atoms with Crippen molar-refractivity contribution < 1.29 is 19.0 Å². The lowest BCUT2D eigenvalue weighted by atomic mass is 9.77. The molecule has 6 heteroatoms. The van der Waals surface area contributed by atoms with Crippen molar-refractivity contribution in [2.45, 2.75) is 31.6 Å². The van der Waals surface area contributed by atoms with Crippen molar-refractivity contribution in [1.82, 2.24) is 10.2 Å². The molecular formula is C25H32N2O4. The summed E-state index contributed by atoms with van der Waals surface area (Å²) in [5, 5.41) is 3.48. The molecule has 2 aromatic rings. The molecule has 2 aromatic carbocycles. The second-order valence-electron chi connectivity index (χ2n) is 8.24. The highest BCUT2D eigenvalue weighted by atomic mass is 16.5. The molecule has 1 atom stereocenters. The van der Waals surface area contributed by atoms with Gasteiger partial charge in [0.05, 0.1) is 21.3 Å². The number of carbonyl (C=O) groups excluding carboxylic acids is 1. The topological polar surface area (TPSA) is 60.0 Å². The third-order valence-corrected chi connectivity index (χ3v) is 6.55. The molecule has 166 valence electrons. The molecule has 0 spiro atoms. The summed E-state index contributed by atoms with van der Waals surface area (Å²) in [4.78, 5) is 14.8. The summed E-state index contributed by atoms with van der Waals surface area (Å²) in [5.41, 5.74) is 5.18. The molecule has 1 N–H and O–H groups in total. The van der Waals surface area contributed by atoms with E-state index in [2.05, 4.69) is 29.6 Å². The van der Waals surface area contributed by atoms with E-state index in [9.17, 15) is 4.79 Å². The number of rotatable bonds is 8. The van der Waals surface area contributed by atoms with Crippen LogP contribution in [0.1, 0.15) is 34.6 Å². The van der Waals surface area contributed by atoms with Crippen molar-refractivity contribution in [2.75, 3.05) is 47.5 Å². The van der Waals surface area contributed by atoms with Gasteiger partial charge in [-0.3, -0.25) is 4.79 Å². The third-order valence-electron chi connectivity index (χ3n) is 6.55. The molecule has 0 saturated heterocycles. The first-order valence-corrected chi connectivity index (χ1v) is 11.0. The first-order chi connectivity index (χ1) is 15.1. The second kappa shape index (κ2) is 9.60. The first kappa shape index (κ1) is 21.5. The SMILES string of the molecule is COc1cc2c(cc1OC)CCN(C(=O)CCNCC1Cc3c(OC)cccc31)CC2. The molecule has 0 aromatic heterocycles. The Morgan fingerprint density at radius 2 is 1.65 bits per heavy atom. The van der Waals surface area contributed by atoms with Gasteiger partial charge in [-0.2, -0.15) is 0 Å². The maximum absolute atomic E-state index is 12.8. The van der Waals surface area contributed by atoms with Crippen LogP contribution in [0, 0.1) is 0 Å². The smallest absolute Gasteiger partial charge is 0.223 e. The quantitative estimate of drug-likeness (QED) is 0.661. The molecule has 31 heavy (non-hydrogen) atoms. The van der Waals surface area contributed by atoms with E-state index >= 15 is 0 Å². The minimum atomic E-state index is 0.218. The summed E-state index contributed by atoms with van der Waals surface area (Å²) in [5.74, 6) is 3.22. The Balaban J connectivity index is 1.24. The minimum Gasteiger partial charge on any atom is -0.496 e. The number of carbonyl (C=O) groups is 1. The number of benzene rings is 2. The molecular weight excluding hydrogens is 392 g/mol. The van der Waals surface area contributed by atoms with Gasteiger partial charge in [-0.1, -0.05) is 12.1 Å². The molecule has 1 unspecified atom stereocenters. The van der Waals surface area contributed by atoms with Gasteiger partial charge in [0.1, 0.15) is 5.75 Å². The highest BCUT2D eigenvalue weighted by Gasteiger charge is 2.28. The number of ether oxygens (including phenoxy) is 3. The lowest BCUT2D eigenvalue weighted by molar-refractivity contribution is -0.131. The van der Waals surface area contributed by atoms with Crippen molar-refractivity contribution in [3.63, 3.8) is 0 Å². The third kappa shape index (κ3) is 4.49. The highest BCUT2D eigenvalue weighted by Crippen LogP contribution is 2.40. The largest absolute Gasteiger partial charge is 0.496 e. The van der Waals surface area contributed by atoms with Gasteiger partial charge in [0.25, 0.3) is 0 Å². The number of hydrogen-bond acceptors (Lipinski definition) is 5. The summed E-state index contributed by atoms with van der Waals surface area (Å²) in [6, 6.07) is 10.4. The van der Waals surface area contributed by atoms with Gasteiger partial charge in [0.15, 0.2) is 11.5 Å². The summed E-state index contributed by atoms with van der Waals surface area (Å²) in [7, 11) is 5.03. The molecule has 0 fully saturated rings. The fraction of sp³-hybridized carbons (Fsp3) is 0.480. The fourth-order valence-electron chi connectivity index (χ4n) is 4.71. The van der Waals surface area contributed by atoms with Crippen LogP contribution in [0.25, 0.3) is 0 Å². The van der Waals surface area contributed by atoms with Gasteiger partial charge in [-0.15, -0.1) is 0 Å². The van der Waals surface area contributed by atoms with Crippen molar-refractivity contribution in [3.05, 3.63) is 52.6 Å². The number of nitrogens with zero attached hydrogens (tertiary/aromatic N) is 1. The number of amides is 1. The van der Waals surface area contributed by atoms with Crippen LogP contribution in [0.4, 0.5) is 0 Å². The van der Waals surface area contributed by atoms with E-state index in [1.807, 2.05) is 11.0 Å². The van der Waals surface area contributed by atoms with Crippen LogP contribution in [0.2, 0.25) is 0 Å². The van der Waals surface area contributed by atoms with Gasteiger partial charge < -0.3 is 24.4 Å². The highest BCUT2D eigenvalue weighted by molar-refractivity contribution is 5.76. The molecule has 0 saturated carbocycles. The molecule has 1 aliphatic carbocycles. The fourth-order valence-corrected chi connectivity index (χ4v) is 4.71. The van der Waals surface area contributed by atoms with Crippen molar-refractivity contribution in [3.8, 4) is 17.2 Å². The van der Waals surface area contributed by atoms with Gasteiger partial charge in [0.2, 0.25) is 5.91 Å². The zero-order valence-corrected chi connectivity index (χ0v) is 18.7. The van der Waals surface area contributed by atoms with E-state index in [0.29, 0.717) is 18.9 Å². The van der Waals surface area contributed by atoms with Gasteiger partial charge >= 0.3 is 0 Å². The lowest BCUT2D eigenvalue weighted by Gasteiger charge is -2.32. The monoisotopic (exact) mass is 424 g/mol. The van der Waals surface area contributed by atoms with E-state index < -0.39 is 0 Å². The Morgan fingerprint density at radius 1 is 1.00 bits per heavy atom. The zero-order chi connectivity index (χ0) is 21.8. The average Bonchev–Trinajstić information content (AvgIpc) is 2.99. The molecule has 6 nitrogen and oxygen atoms in total. The van der Waals surface area contributed by atoms with Crippen LogP contribution in [0.3, 0.4) is 0 Å². The van der Waals surface area contributed by atoms with Crippen LogP contribution >= 0.6 is 0 Å². The normalized spacial score (nSPS) is 17.1. The van der Waals surface area contributed by atoms with Crippen LogP contribution in [-0.4, -0.2) is 58.3 Å². The van der Waals surface area contributed by atoms with E-state index in [4.69, 9.17) is 14.2 Å². The second-order valence-corrected chi connectivity index (χ2v) is 8.24. The van der Waals surface area contributed by atoms with Crippen LogP contribution < -0.4 is 19.5 Å². The predicted octanol–water partition coefficient (Wildman–Crippen LogP) is 2.96. The first-order valence-electron chi connectivity index (χ1n) is 11.0. The predicted molar refractivity (Wildman–Crippen MR) is 120 cm³/mol. The van der Waals surface area contributed by atoms with E-state index in [-0.39, 0.29) is 5.91 Å². The Bertz CT molecular complexity index is 908. The van der Waals surface area contributed by atoms with Crippen molar-refractivity contribution >= 4 is 5.91 Å².